The second-order valence-electron chi connectivity index (χ2n) is 5.58. The molecule has 3 rings (SSSR count). The van der Waals surface area contributed by atoms with Gasteiger partial charge >= 0.3 is 6.03 Å². The third-order valence-electron chi connectivity index (χ3n) is 3.73. The van der Waals surface area contributed by atoms with Crippen LogP contribution in [-0.4, -0.2) is 15.8 Å². The maximum Gasteiger partial charge on any atom is 0.323 e. The Hall–Kier alpha value is -2.67. The van der Waals surface area contributed by atoms with Gasteiger partial charge in [0.05, 0.1) is 16.4 Å². The number of hydrogen-bond donors (Lipinski definition) is 2. The van der Waals surface area contributed by atoms with E-state index in [0.29, 0.717) is 11.4 Å². The summed E-state index contributed by atoms with van der Waals surface area (Å²) in [6, 6.07) is 10.9. The molecule has 0 atom stereocenters. The second kappa shape index (κ2) is 7.06. The van der Waals surface area contributed by atoms with E-state index in [-0.39, 0.29) is 0 Å². The van der Waals surface area contributed by atoms with Crippen molar-refractivity contribution in [1.29, 1.82) is 0 Å². The molecule has 128 valence electrons. The molecular formula is C18H16BrFN4O. The minimum absolute atomic E-state index is 0.388. The number of halogens is 2. The molecule has 0 aliphatic heterocycles. The van der Waals surface area contributed by atoms with Crippen LogP contribution in [-0.2, 0) is 7.05 Å². The van der Waals surface area contributed by atoms with E-state index in [1.807, 2.05) is 32.2 Å². The van der Waals surface area contributed by atoms with E-state index < -0.39 is 11.8 Å². The van der Waals surface area contributed by atoms with Crippen LogP contribution in [0.15, 0.2) is 53.1 Å². The number of urea groups is 1. The highest BCUT2D eigenvalue weighted by molar-refractivity contribution is 9.10. The first kappa shape index (κ1) is 17.2. The Morgan fingerprint density at radius 3 is 2.52 bits per heavy atom. The lowest BCUT2D eigenvalue weighted by Gasteiger charge is -2.12. The van der Waals surface area contributed by atoms with Gasteiger partial charge < -0.3 is 10.6 Å². The van der Waals surface area contributed by atoms with Crippen molar-refractivity contribution < 1.29 is 9.18 Å². The van der Waals surface area contributed by atoms with Crippen molar-refractivity contribution in [3.63, 3.8) is 0 Å². The molecule has 2 amide bonds. The first-order chi connectivity index (χ1) is 11.9. The number of nitrogens with zero attached hydrogens (tertiary/aromatic N) is 2. The number of carbonyl (C=O) groups excluding carboxylic acids is 1. The molecule has 2 N–H and O–H groups in total. The Morgan fingerprint density at radius 2 is 1.88 bits per heavy atom. The SMILES string of the molecule is Cc1ccc(NC(=O)Nc2cccc(F)c2)cc1-c1c(Br)cnn1C. The topological polar surface area (TPSA) is 59.0 Å². The van der Waals surface area contributed by atoms with E-state index in [1.165, 1.54) is 18.2 Å². The average Bonchev–Trinajstić information content (AvgIpc) is 2.88. The Balaban J connectivity index is 1.82. The highest BCUT2D eigenvalue weighted by Crippen LogP contribution is 2.32. The first-order valence-corrected chi connectivity index (χ1v) is 8.35. The van der Waals surface area contributed by atoms with Gasteiger partial charge in [0.15, 0.2) is 0 Å². The highest BCUT2D eigenvalue weighted by Gasteiger charge is 2.13. The van der Waals surface area contributed by atoms with Crippen molar-refractivity contribution in [3.8, 4) is 11.3 Å². The van der Waals surface area contributed by atoms with Crippen LogP contribution in [0.25, 0.3) is 11.3 Å². The second-order valence-corrected chi connectivity index (χ2v) is 6.44. The molecule has 7 heteroatoms. The maximum atomic E-state index is 13.2. The van der Waals surface area contributed by atoms with Gasteiger partial charge in [-0.25, -0.2) is 9.18 Å². The standard InChI is InChI=1S/C18H16BrFN4O/c1-11-6-7-14(9-15(11)17-16(19)10-21-24(17)2)23-18(25)22-13-5-3-4-12(20)8-13/h3-10H,1-2H3,(H2,22,23,25). The first-order valence-electron chi connectivity index (χ1n) is 7.56. The molecule has 0 aliphatic rings. The molecule has 0 fully saturated rings. The summed E-state index contributed by atoms with van der Waals surface area (Å²) in [5.74, 6) is -0.406. The molecule has 0 unspecified atom stereocenters. The molecule has 3 aromatic rings. The van der Waals surface area contributed by atoms with Crippen LogP contribution >= 0.6 is 15.9 Å². The van der Waals surface area contributed by atoms with Gasteiger partial charge in [0.25, 0.3) is 0 Å². The fourth-order valence-corrected chi connectivity index (χ4v) is 3.09. The number of rotatable bonds is 3. The zero-order chi connectivity index (χ0) is 18.0. The van der Waals surface area contributed by atoms with Gasteiger partial charge in [-0.1, -0.05) is 12.1 Å². The van der Waals surface area contributed by atoms with E-state index >= 15 is 0 Å². The molecule has 1 heterocycles. The van der Waals surface area contributed by atoms with Crippen LogP contribution < -0.4 is 10.6 Å². The molecule has 5 nitrogen and oxygen atoms in total. The van der Waals surface area contributed by atoms with Gasteiger partial charge in [-0.05, 0) is 58.7 Å². The Bertz CT molecular complexity index is 919. The van der Waals surface area contributed by atoms with Crippen LogP contribution in [0, 0.1) is 12.7 Å². The van der Waals surface area contributed by atoms with E-state index in [0.717, 1.165) is 21.3 Å². The van der Waals surface area contributed by atoms with E-state index in [1.54, 1.807) is 16.9 Å². The van der Waals surface area contributed by atoms with Crippen molar-refractivity contribution in [2.24, 2.45) is 7.05 Å². The third kappa shape index (κ3) is 3.88. The number of amides is 2. The minimum Gasteiger partial charge on any atom is -0.308 e. The zero-order valence-corrected chi connectivity index (χ0v) is 15.3. The van der Waals surface area contributed by atoms with E-state index in [4.69, 9.17) is 0 Å². The molecule has 0 bridgehead atoms. The summed E-state index contributed by atoms with van der Waals surface area (Å²) in [5.41, 5.74) is 3.95. The van der Waals surface area contributed by atoms with Crippen LogP contribution in [0.5, 0.6) is 0 Å². The molecule has 0 saturated heterocycles. The molecule has 0 saturated carbocycles. The molecule has 1 aromatic heterocycles. The Kier molecular flexibility index (Phi) is 4.85. The van der Waals surface area contributed by atoms with Crippen LogP contribution in [0.2, 0.25) is 0 Å². The van der Waals surface area contributed by atoms with Crippen molar-refractivity contribution in [2.45, 2.75) is 6.92 Å². The summed E-state index contributed by atoms with van der Waals surface area (Å²) in [5, 5.41) is 9.59. The molecule has 2 aromatic carbocycles. The normalized spacial score (nSPS) is 10.6. The van der Waals surface area contributed by atoms with Gasteiger partial charge in [0.2, 0.25) is 0 Å². The number of nitrogens with one attached hydrogen (secondary N) is 2. The fourth-order valence-electron chi connectivity index (χ4n) is 2.53. The average molecular weight is 403 g/mol. The lowest BCUT2D eigenvalue weighted by molar-refractivity contribution is 0.262. The van der Waals surface area contributed by atoms with Crippen molar-refractivity contribution >= 4 is 33.3 Å². The lowest BCUT2D eigenvalue weighted by atomic mass is 10.0. The number of carbonyl (C=O) groups is 1. The Morgan fingerprint density at radius 1 is 1.16 bits per heavy atom. The molecule has 0 spiro atoms. The van der Waals surface area contributed by atoms with Crippen molar-refractivity contribution in [1.82, 2.24) is 9.78 Å². The van der Waals surface area contributed by atoms with Gasteiger partial charge in [-0.3, -0.25) is 4.68 Å². The summed E-state index contributed by atoms with van der Waals surface area (Å²) < 4.78 is 15.8. The summed E-state index contributed by atoms with van der Waals surface area (Å²) in [7, 11) is 1.86. The summed E-state index contributed by atoms with van der Waals surface area (Å²) >= 11 is 3.50. The minimum atomic E-state index is -0.440. The molecular weight excluding hydrogens is 387 g/mol. The molecule has 0 aliphatic carbocycles. The predicted octanol–water partition coefficient (Wildman–Crippen LogP) is 4.94. The van der Waals surface area contributed by atoms with E-state index in [9.17, 15) is 9.18 Å². The van der Waals surface area contributed by atoms with Crippen molar-refractivity contribution in [2.75, 3.05) is 10.6 Å². The largest absolute Gasteiger partial charge is 0.323 e. The number of aromatic nitrogens is 2. The summed E-state index contributed by atoms with van der Waals surface area (Å²) in [6.07, 6.45) is 1.73. The maximum absolute atomic E-state index is 13.2. The Labute approximate surface area is 153 Å². The smallest absolute Gasteiger partial charge is 0.308 e. The van der Waals surface area contributed by atoms with Crippen molar-refractivity contribution in [3.05, 3.63) is 64.5 Å². The van der Waals surface area contributed by atoms with Gasteiger partial charge in [0.1, 0.15) is 5.82 Å². The summed E-state index contributed by atoms with van der Waals surface area (Å²) in [4.78, 5) is 12.1. The lowest BCUT2D eigenvalue weighted by Crippen LogP contribution is -2.19. The zero-order valence-electron chi connectivity index (χ0n) is 13.7. The molecule has 25 heavy (non-hydrogen) atoms. The molecule has 0 radical (unpaired) electrons. The highest BCUT2D eigenvalue weighted by atomic mass is 79.9. The number of anilines is 2. The number of benzene rings is 2. The predicted molar refractivity (Wildman–Crippen MR) is 100 cm³/mol. The van der Waals surface area contributed by atoms with Crippen LogP contribution in [0.3, 0.4) is 0 Å². The van der Waals surface area contributed by atoms with Crippen LogP contribution in [0.4, 0.5) is 20.6 Å². The van der Waals surface area contributed by atoms with E-state index in [2.05, 4.69) is 31.7 Å². The fraction of sp³-hybridized carbons (Fsp3) is 0.111. The number of hydrogen-bond acceptors (Lipinski definition) is 2. The number of aryl methyl sites for hydroxylation is 2. The van der Waals surface area contributed by atoms with Gasteiger partial charge in [0, 0.05) is 24.0 Å². The summed E-state index contributed by atoms with van der Waals surface area (Å²) in [6.45, 7) is 1.99. The van der Waals surface area contributed by atoms with Gasteiger partial charge in [-0.2, -0.15) is 5.10 Å². The monoisotopic (exact) mass is 402 g/mol. The quantitative estimate of drug-likeness (QED) is 0.651. The third-order valence-corrected chi connectivity index (χ3v) is 4.31. The van der Waals surface area contributed by atoms with Crippen LogP contribution in [0.1, 0.15) is 5.56 Å². The van der Waals surface area contributed by atoms with Gasteiger partial charge in [-0.15, -0.1) is 0 Å².